The summed E-state index contributed by atoms with van der Waals surface area (Å²) in [6.45, 7) is 2.50. The number of nitrogens with one attached hydrogen (secondary N) is 1. The second-order valence-electron chi connectivity index (χ2n) is 4.99. The van der Waals surface area contributed by atoms with Crippen LogP contribution < -0.4 is 14.2 Å². The van der Waals surface area contributed by atoms with Crippen LogP contribution in [-0.4, -0.2) is 21.6 Å². The van der Waals surface area contributed by atoms with Crippen LogP contribution in [0.3, 0.4) is 0 Å². The van der Waals surface area contributed by atoms with Gasteiger partial charge in [-0.15, -0.1) is 0 Å². The van der Waals surface area contributed by atoms with Crippen LogP contribution in [0, 0.1) is 6.92 Å². The van der Waals surface area contributed by atoms with Crippen molar-refractivity contribution in [1.29, 1.82) is 0 Å². The molecule has 5 nitrogen and oxygen atoms in total. The minimum absolute atomic E-state index is 0.132. The van der Waals surface area contributed by atoms with Crippen LogP contribution in [0.15, 0.2) is 35.2 Å². The highest BCUT2D eigenvalue weighted by atomic mass is 35.5. The summed E-state index contributed by atoms with van der Waals surface area (Å²) in [5.41, 5.74) is 0.768. The molecule has 1 heterocycles. The van der Waals surface area contributed by atoms with Crippen LogP contribution >= 0.6 is 23.2 Å². The van der Waals surface area contributed by atoms with E-state index in [1.54, 1.807) is 13.0 Å². The minimum atomic E-state index is -3.80. The van der Waals surface area contributed by atoms with Crippen LogP contribution in [0.25, 0.3) is 0 Å². The quantitative estimate of drug-likeness (QED) is 0.886. The molecule has 1 N–H and O–H groups in total. The highest BCUT2D eigenvalue weighted by molar-refractivity contribution is 7.92. The van der Waals surface area contributed by atoms with E-state index in [2.05, 4.69) is 4.72 Å². The first-order chi connectivity index (χ1) is 10.9. The van der Waals surface area contributed by atoms with Crippen molar-refractivity contribution in [1.82, 2.24) is 0 Å². The SMILES string of the molecule is Cc1cc(Cl)ccc1S(=O)(=O)Nc1cc2c(cc1Cl)OCCO2. The van der Waals surface area contributed by atoms with E-state index in [9.17, 15) is 8.42 Å². The fourth-order valence-corrected chi connectivity index (χ4v) is 4.04. The van der Waals surface area contributed by atoms with E-state index in [4.69, 9.17) is 32.7 Å². The highest BCUT2D eigenvalue weighted by Crippen LogP contribution is 2.38. The molecule has 0 aliphatic carbocycles. The van der Waals surface area contributed by atoms with Crippen molar-refractivity contribution in [3.05, 3.63) is 45.9 Å². The molecule has 2 aromatic rings. The van der Waals surface area contributed by atoms with Crippen molar-refractivity contribution in [3.8, 4) is 11.5 Å². The number of hydrogen-bond donors (Lipinski definition) is 1. The average Bonchev–Trinajstić information content (AvgIpc) is 2.47. The molecule has 0 amide bonds. The first-order valence-electron chi connectivity index (χ1n) is 6.75. The van der Waals surface area contributed by atoms with E-state index in [1.807, 2.05) is 0 Å². The molecule has 0 atom stereocenters. The molecule has 1 aliphatic heterocycles. The Morgan fingerprint density at radius 2 is 1.70 bits per heavy atom. The third kappa shape index (κ3) is 3.34. The van der Waals surface area contributed by atoms with Crippen molar-refractivity contribution in [2.45, 2.75) is 11.8 Å². The number of benzene rings is 2. The highest BCUT2D eigenvalue weighted by Gasteiger charge is 2.21. The van der Waals surface area contributed by atoms with Gasteiger partial charge in [0.15, 0.2) is 11.5 Å². The molecule has 2 aromatic carbocycles. The van der Waals surface area contributed by atoms with E-state index >= 15 is 0 Å². The van der Waals surface area contributed by atoms with Crippen LogP contribution in [0.5, 0.6) is 11.5 Å². The molecule has 0 unspecified atom stereocenters. The molecule has 1 aliphatic rings. The van der Waals surface area contributed by atoms with Gasteiger partial charge in [0.25, 0.3) is 10.0 Å². The molecule has 122 valence electrons. The van der Waals surface area contributed by atoms with Crippen molar-refractivity contribution >= 4 is 38.9 Å². The number of halogens is 2. The third-order valence-electron chi connectivity index (χ3n) is 3.30. The lowest BCUT2D eigenvalue weighted by Gasteiger charge is -2.20. The first kappa shape index (κ1) is 16.2. The molecule has 0 spiro atoms. The van der Waals surface area contributed by atoms with E-state index in [1.165, 1.54) is 24.3 Å². The van der Waals surface area contributed by atoms with Gasteiger partial charge in [-0.1, -0.05) is 23.2 Å². The fourth-order valence-electron chi connectivity index (χ4n) is 2.26. The Morgan fingerprint density at radius 3 is 2.35 bits per heavy atom. The van der Waals surface area contributed by atoms with Gasteiger partial charge in [-0.05, 0) is 30.7 Å². The van der Waals surface area contributed by atoms with Gasteiger partial charge in [-0.25, -0.2) is 8.42 Å². The zero-order valence-electron chi connectivity index (χ0n) is 12.1. The average molecular weight is 374 g/mol. The Morgan fingerprint density at radius 1 is 1.04 bits per heavy atom. The Kier molecular flexibility index (Phi) is 4.31. The number of hydrogen-bond acceptors (Lipinski definition) is 4. The summed E-state index contributed by atoms with van der Waals surface area (Å²) in [6.07, 6.45) is 0. The van der Waals surface area contributed by atoms with Gasteiger partial charge in [-0.2, -0.15) is 0 Å². The summed E-state index contributed by atoms with van der Waals surface area (Å²) in [6, 6.07) is 7.60. The molecule has 0 radical (unpaired) electrons. The first-order valence-corrected chi connectivity index (χ1v) is 8.99. The van der Waals surface area contributed by atoms with E-state index < -0.39 is 10.0 Å². The lowest BCUT2D eigenvalue weighted by Crippen LogP contribution is -2.17. The molecule has 0 fully saturated rings. The molecule has 0 bridgehead atoms. The van der Waals surface area contributed by atoms with E-state index in [-0.39, 0.29) is 15.6 Å². The summed E-state index contributed by atoms with van der Waals surface area (Å²) in [5, 5.41) is 0.697. The van der Waals surface area contributed by atoms with Gasteiger partial charge < -0.3 is 9.47 Å². The van der Waals surface area contributed by atoms with Crippen molar-refractivity contribution < 1.29 is 17.9 Å². The van der Waals surface area contributed by atoms with Crippen molar-refractivity contribution in [3.63, 3.8) is 0 Å². The largest absolute Gasteiger partial charge is 0.486 e. The van der Waals surface area contributed by atoms with Gasteiger partial charge in [-0.3, -0.25) is 4.72 Å². The zero-order valence-corrected chi connectivity index (χ0v) is 14.4. The number of aryl methyl sites for hydroxylation is 1. The van der Waals surface area contributed by atoms with E-state index in [0.29, 0.717) is 35.3 Å². The van der Waals surface area contributed by atoms with E-state index in [0.717, 1.165) is 0 Å². The molecule has 0 saturated heterocycles. The predicted octanol–water partition coefficient (Wildman–Crippen LogP) is 3.87. The Balaban J connectivity index is 1.97. The number of rotatable bonds is 3. The standard InChI is InChI=1S/C15H13Cl2NO4S/c1-9-6-10(16)2-3-15(9)23(19,20)18-12-8-14-13(7-11(12)17)21-4-5-22-14/h2-3,6-8,18H,4-5H2,1H3. The number of fused-ring (bicyclic) bond motifs is 1. The minimum Gasteiger partial charge on any atom is -0.486 e. The van der Waals surface area contributed by atoms with Gasteiger partial charge in [0.1, 0.15) is 13.2 Å². The second-order valence-corrected chi connectivity index (χ2v) is 7.49. The fraction of sp³-hybridized carbons (Fsp3) is 0.200. The number of anilines is 1. The second kappa shape index (κ2) is 6.11. The maximum Gasteiger partial charge on any atom is 0.262 e. The summed E-state index contributed by atoms with van der Waals surface area (Å²) >= 11 is 12.0. The third-order valence-corrected chi connectivity index (χ3v) is 5.38. The molecular weight excluding hydrogens is 361 g/mol. The normalized spacial score (nSPS) is 13.7. The van der Waals surface area contributed by atoms with Crippen LogP contribution in [0.4, 0.5) is 5.69 Å². The smallest absolute Gasteiger partial charge is 0.262 e. The summed E-state index contributed by atoms with van der Waals surface area (Å²) in [4.78, 5) is 0.132. The number of ether oxygens (including phenoxy) is 2. The maximum absolute atomic E-state index is 12.6. The number of sulfonamides is 1. The zero-order chi connectivity index (χ0) is 16.6. The van der Waals surface area contributed by atoms with Gasteiger partial charge >= 0.3 is 0 Å². The van der Waals surface area contributed by atoms with Crippen LogP contribution in [0.2, 0.25) is 10.0 Å². The van der Waals surface area contributed by atoms with Crippen LogP contribution in [-0.2, 0) is 10.0 Å². The lowest BCUT2D eigenvalue weighted by atomic mass is 10.2. The molecule has 0 saturated carbocycles. The monoisotopic (exact) mass is 373 g/mol. The Labute approximate surface area is 144 Å². The topological polar surface area (TPSA) is 64.6 Å². The molecule has 0 aromatic heterocycles. The molecule has 23 heavy (non-hydrogen) atoms. The predicted molar refractivity (Wildman–Crippen MR) is 89.4 cm³/mol. The van der Waals surface area contributed by atoms with Gasteiger partial charge in [0, 0.05) is 17.2 Å². The summed E-state index contributed by atoms with van der Waals surface area (Å²) in [7, 11) is -3.80. The van der Waals surface area contributed by atoms with Crippen molar-refractivity contribution in [2.24, 2.45) is 0 Å². The maximum atomic E-state index is 12.6. The van der Waals surface area contributed by atoms with Gasteiger partial charge in [0.2, 0.25) is 0 Å². The molecule has 8 heteroatoms. The Hall–Kier alpha value is -1.63. The summed E-state index contributed by atoms with van der Waals surface area (Å²) in [5.74, 6) is 0.943. The van der Waals surface area contributed by atoms with Crippen LogP contribution in [0.1, 0.15) is 5.56 Å². The van der Waals surface area contributed by atoms with Crippen molar-refractivity contribution in [2.75, 3.05) is 17.9 Å². The molecule has 3 rings (SSSR count). The lowest BCUT2D eigenvalue weighted by molar-refractivity contribution is 0.171. The summed E-state index contributed by atoms with van der Waals surface area (Å²) < 4.78 is 38.5. The van der Waals surface area contributed by atoms with Gasteiger partial charge in [0.05, 0.1) is 15.6 Å². The Bertz CT molecular complexity index is 868. The molecular formula is C15H13Cl2NO4S.